The number of Topliss-reactive ketones (excluding diaryl/α,β-unsaturated/α-hetero) is 1. The molecule has 0 saturated carbocycles. The van der Waals surface area contributed by atoms with Gasteiger partial charge in [-0.2, -0.15) is 0 Å². The molecule has 1 amide bonds. The van der Waals surface area contributed by atoms with E-state index in [1.165, 1.54) is 5.56 Å². The number of ether oxygens (including phenoxy) is 1. The number of carbonyl (C=O) groups excluding carboxylic acids is 2. The number of hydrogen-bond acceptors (Lipinski definition) is 4. The average Bonchev–Trinajstić information content (AvgIpc) is 3.31. The maximum atomic E-state index is 13.1. The van der Waals surface area contributed by atoms with Crippen LogP contribution in [0, 0.1) is 12.3 Å². The van der Waals surface area contributed by atoms with Gasteiger partial charge in [-0.25, -0.2) is 0 Å². The second-order valence-electron chi connectivity index (χ2n) is 10.9. The average molecular weight is 512 g/mol. The lowest BCUT2D eigenvalue weighted by Crippen LogP contribution is -2.36. The fourth-order valence-electron chi connectivity index (χ4n) is 5.02. The Morgan fingerprint density at radius 3 is 2.14 bits per heavy atom. The molecular weight excluding hydrogens is 462 g/mol. The Bertz CT molecular complexity index is 1040. The van der Waals surface area contributed by atoms with Crippen molar-refractivity contribution in [2.45, 2.75) is 87.1 Å². The number of benzene rings is 1. The molecule has 0 aliphatic carbocycles. The molecule has 1 aromatic heterocycles. The Balaban J connectivity index is 2.34. The van der Waals surface area contributed by atoms with Crippen molar-refractivity contribution in [3.8, 4) is 5.75 Å². The highest BCUT2D eigenvalue weighted by Crippen LogP contribution is 2.41. The number of hydrogen-bond donors (Lipinski definition) is 1. The summed E-state index contributed by atoms with van der Waals surface area (Å²) in [6.07, 6.45) is 1.80. The minimum Gasteiger partial charge on any atom is -0.486 e. The van der Waals surface area contributed by atoms with E-state index in [0.717, 1.165) is 56.0 Å². The number of carbonyl (C=O) groups is 2. The summed E-state index contributed by atoms with van der Waals surface area (Å²) in [5.41, 5.74) is 3.42. The van der Waals surface area contributed by atoms with Crippen LogP contribution in [0.3, 0.4) is 0 Å². The van der Waals surface area contributed by atoms with E-state index >= 15 is 0 Å². The van der Waals surface area contributed by atoms with Gasteiger partial charge in [-0.1, -0.05) is 60.6 Å². The highest BCUT2D eigenvalue weighted by molar-refractivity contribution is 5.93. The van der Waals surface area contributed by atoms with Crippen molar-refractivity contribution in [2.24, 2.45) is 5.41 Å². The van der Waals surface area contributed by atoms with E-state index in [0.29, 0.717) is 12.2 Å². The van der Waals surface area contributed by atoms with Crippen LogP contribution in [0.25, 0.3) is 0 Å². The van der Waals surface area contributed by atoms with Crippen molar-refractivity contribution in [1.82, 2.24) is 14.8 Å². The standard InChI is InChI=1S/C31H49N3O3/c1-10-31(11-2,24-15-17-26(23(6)21-24)37-22-28(35)30(7,8)9)27-18-16-25(34(27)14-5)29(36)32-19-20-33(12-3)13-4/h15-18,21H,10-14,19-20,22H2,1-9H3,(H,32,36). The monoisotopic (exact) mass is 511 g/mol. The molecule has 0 saturated heterocycles. The molecule has 0 aliphatic rings. The lowest BCUT2D eigenvalue weighted by Gasteiger charge is -2.34. The molecule has 6 nitrogen and oxygen atoms in total. The fourth-order valence-corrected chi connectivity index (χ4v) is 5.02. The van der Waals surface area contributed by atoms with Gasteiger partial charge in [0, 0.05) is 36.2 Å². The maximum absolute atomic E-state index is 13.1. The van der Waals surface area contributed by atoms with Gasteiger partial charge in [-0.05, 0) is 69.1 Å². The number of aromatic nitrogens is 1. The third kappa shape index (κ3) is 7.04. The normalized spacial score (nSPS) is 12.2. The molecule has 206 valence electrons. The Morgan fingerprint density at radius 1 is 0.973 bits per heavy atom. The predicted molar refractivity (Wildman–Crippen MR) is 153 cm³/mol. The second-order valence-corrected chi connectivity index (χ2v) is 10.9. The van der Waals surface area contributed by atoms with E-state index in [2.05, 4.69) is 67.6 Å². The summed E-state index contributed by atoms with van der Waals surface area (Å²) in [5.74, 6) is 0.794. The Hall–Kier alpha value is -2.60. The minimum absolute atomic E-state index is 0.0233. The van der Waals surface area contributed by atoms with Crippen molar-refractivity contribution in [3.05, 3.63) is 52.8 Å². The third-order valence-electron chi connectivity index (χ3n) is 7.76. The molecule has 0 unspecified atom stereocenters. The summed E-state index contributed by atoms with van der Waals surface area (Å²) >= 11 is 0. The Kier molecular flexibility index (Phi) is 11.0. The smallest absolute Gasteiger partial charge is 0.267 e. The zero-order chi connectivity index (χ0) is 27.8. The minimum atomic E-state index is -0.422. The molecule has 1 N–H and O–H groups in total. The van der Waals surface area contributed by atoms with E-state index in [-0.39, 0.29) is 23.7 Å². The Morgan fingerprint density at radius 2 is 1.62 bits per heavy atom. The van der Waals surface area contributed by atoms with Crippen LogP contribution < -0.4 is 10.1 Å². The molecule has 2 aromatic rings. The van der Waals surface area contributed by atoms with Crippen LogP contribution in [0.1, 0.15) is 95.5 Å². The summed E-state index contributed by atoms with van der Waals surface area (Å²) in [6.45, 7) is 22.8. The van der Waals surface area contributed by atoms with Crippen molar-refractivity contribution < 1.29 is 14.3 Å². The first-order valence-electron chi connectivity index (χ1n) is 14.0. The van der Waals surface area contributed by atoms with Crippen LogP contribution in [0.15, 0.2) is 30.3 Å². The number of nitrogens with one attached hydrogen (secondary N) is 1. The van der Waals surface area contributed by atoms with Crippen molar-refractivity contribution in [2.75, 3.05) is 32.8 Å². The summed E-state index contributed by atoms with van der Waals surface area (Å²) in [6, 6.07) is 10.4. The topological polar surface area (TPSA) is 63.6 Å². The summed E-state index contributed by atoms with van der Waals surface area (Å²) in [7, 11) is 0. The van der Waals surface area contributed by atoms with Crippen LogP contribution in [0.2, 0.25) is 0 Å². The number of rotatable bonds is 14. The largest absolute Gasteiger partial charge is 0.486 e. The summed E-state index contributed by atoms with van der Waals surface area (Å²) < 4.78 is 8.07. The van der Waals surface area contributed by atoms with Crippen LogP contribution in [-0.2, 0) is 16.8 Å². The highest BCUT2D eigenvalue weighted by atomic mass is 16.5. The first-order valence-corrected chi connectivity index (χ1v) is 14.0. The quantitative estimate of drug-likeness (QED) is 0.338. The fraction of sp³-hybridized carbons (Fsp3) is 0.613. The molecule has 37 heavy (non-hydrogen) atoms. The lowest BCUT2D eigenvalue weighted by molar-refractivity contribution is -0.128. The van der Waals surface area contributed by atoms with Gasteiger partial charge in [0.2, 0.25) is 0 Å². The van der Waals surface area contributed by atoms with E-state index < -0.39 is 5.41 Å². The molecule has 0 spiro atoms. The van der Waals surface area contributed by atoms with E-state index in [1.807, 2.05) is 39.8 Å². The molecule has 1 aromatic carbocycles. The molecule has 0 atom stereocenters. The zero-order valence-corrected chi connectivity index (χ0v) is 24.7. The molecule has 0 fully saturated rings. The number of likely N-dealkylation sites (N-methyl/N-ethyl adjacent to an activating group) is 1. The van der Waals surface area contributed by atoms with E-state index in [1.54, 1.807) is 0 Å². The predicted octanol–water partition coefficient (Wildman–Crippen LogP) is 5.99. The Labute approximate surface area is 224 Å². The van der Waals surface area contributed by atoms with Crippen LogP contribution in [0.4, 0.5) is 0 Å². The SMILES string of the molecule is CCN(CC)CCNC(=O)c1ccc(C(CC)(CC)c2ccc(OCC(=O)C(C)(C)C)c(C)c2)n1CC. The number of aryl methyl sites for hydroxylation is 1. The molecule has 6 heteroatoms. The van der Waals surface area contributed by atoms with E-state index in [4.69, 9.17) is 4.74 Å². The van der Waals surface area contributed by atoms with Crippen LogP contribution >= 0.6 is 0 Å². The van der Waals surface area contributed by atoms with Crippen molar-refractivity contribution in [1.29, 1.82) is 0 Å². The van der Waals surface area contributed by atoms with E-state index in [9.17, 15) is 9.59 Å². The molecule has 0 bridgehead atoms. The third-order valence-corrected chi connectivity index (χ3v) is 7.76. The first-order chi connectivity index (χ1) is 17.5. The molecule has 0 aliphatic heterocycles. The van der Waals surface area contributed by atoms with Gasteiger partial charge in [-0.3, -0.25) is 9.59 Å². The van der Waals surface area contributed by atoms with Gasteiger partial charge >= 0.3 is 0 Å². The molecular formula is C31H49N3O3. The number of amides is 1. The van der Waals surface area contributed by atoms with Gasteiger partial charge in [0.25, 0.3) is 5.91 Å². The first kappa shape index (κ1) is 30.6. The molecule has 1 heterocycles. The van der Waals surface area contributed by atoms with Gasteiger partial charge < -0.3 is 19.5 Å². The van der Waals surface area contributed by atoms with Gasteiger partial charge in [-0.15, -0.1) is 0 Å². The summed E-state index contributed by atoms with van der Waals surface area (Å²) in [4.78, 5) is 27.8. The van der Waals surface area contributed by atoms with Crippen molar-refractivity contribution >= 4 is 11.7 Å². The maximum Gasteiger partial charge on any atom is 0.267 e. The van der Waals surface area contributed by atoms with Crippen LogP contribution in [0.5, 0.6) is 5.75 Å². The van der Waals surface area contributed by atoms with Gasteiger partial charge in [0.15, 0.2) is 5.78 Å². The molecule has 0 radical (unpaired) electrons. The molecule has 2 rings (SSSR count). The zero-order valence-electron chi connectivity index (χ0n) is 24.7. The highest BCUT2D eigenvalue weighted by Gasteiger charge is 2.35. The number of ketones is 1. The van der Waals surface area contributed by atoms with Crippen LogP contribution in [-0.4, -0.2) is 53.9 Å². The number of nitrogens with zero attached hydrogens (tertiary/aromatic N) is 2. The summed E-state index contributed by atoms with van der Waals surface area (Å²) in [5, 5.41) is 3.12. The van der Waals surface area contributed by atoms with Gasteiger partial charge in [0.05, 0.1) is 0 Å². The second kappa shape index (κ2) is 13.3. The van der Waals surface area contributed by atoms with Crippen molar-refractivity contribution in [3.63, 3.8) is 0 Å². The lowest BCUT2D eigenvalue weighted by atomic mass is 9.72. The van der Waals surface area contributed by atoms with Gasteiger partial charge in [0.1, 0.15) is 18.1 Å².